The maximum absolute atomic E-state index is 14.1. The van der Waals surface area contributed by atoms with E-state index in [-0.39, 0.29) is 17.9 Å². The first-order valence-electron chi connectivity index (χ1n) is 7.28. The van der Waals surface area contributed by atoms with E-state index in [0.29, 0.717) is 5.56 Å². The van der Waals surface area contributed by atoms with E-state index in [9.17, 15) is 18.4 Å². The van der Waals surface area contributed by atoms with Gasteiger partial charge in [0.05, 0.1) is 12.2 Å². The number of halogens is 2. The van der Waals surface area contributed by atoms with E-state index in [1.807, 2.05) is 0 Å². The van der Waals surface area contributed by atoms with Crippen LogP contribution in [0, 0.1) is 11.6 Å². The van der Waals surface area contributed by atoms with Crippen LogP contribution in [0.3, 0.4) is 0 Å². The molecule has 6 nitrogen and oxygen atoms in total. The Morgan fingerprint density at radius 2 is 1.96 bits per heavy atom. The van der Waals surface area contributed by atoms with Gasteiger partial charge in [0.25, 0.3) is 5.91 Å². The second-order valence-electron chi connectivity index (χ2n) is 5.17. The molecule has 0 aromatic heterocycles. The van der Waals surface area contributed by atoms with Crippen LogP contribution in [0.25, 0.3) is 0 Å². The average molecular weight is 350 g/mol. The first kappa shape index (κ1) is 18.3. The molecule has 132 valence electrons. The van der Waals surface area contributed by atoms with Crippen molar-refractivity contribution in [1.29, 1.82) is 0 Å². The quantitative estimate of drug-likeness (QED) is 0.696. The Morgan fingerprint density at radius 3 is 2.56 bits per heavy atom. The molecule has 0 saturated heterocycles. The van der Waals surface area contributed by atoms with E-state index in [1.54, 1.807) is 6.07 Å². The molecule has 25 heavy (non-hydrogen) atoms. The molecule has 2 amide bonds. The zero-order valence-corrected chi connectivity index (χ0v) is 13.0. The summed E-state index contributed by atoms with van der Waals surface area (Å²) in [4.78, 5) is 22.9. The highest BCUT2D eigenvalue weighted by molar-refractivity contribution is 5.97. The van der Waals surface area contributed by atoms with Crippen molar-refractivity contribution in [2.75, 3.05) is 6.61 Å². The first-order chi connectivity index (χ1) is 11.9. The zero-order valence-electron chi connectivity index (χ0n) is 13.0. The van der Waals surface area contributed by atoms with Gasteiger partial charge in [-0.05, 0) is 29.8 Å². The third-order valence-electron chi connectivity index (χ3n) is 3.31. The third kappa shape index (κ3) is 4.98. The Kier molecular flexibility index (Phi) is 6.02. The highest BCUT2D eigenvalue weighted by atomic mass is 19.1. The van der Waals surface area contributed by atoms with E-state index >= 15 is 0 Å². The van der Waals surface area contributed by atoms with Crippen molar-refractivity contribution < 1.29 is 28.2 Å². The molecule has 2 aromatic rings. The standard InChI is InChI=1S/C17H16F2N2O4/c18-11-3-1-2-10(6-11)9-25-12-4-5-13(14(19)7-12)17(24)21-15(8-22)16(20)23/h1-7,15,22H,8-9H2,(H2,20,23)(H,21,24). The molecule has 0 aliphatic rings. The van der Waals surface area contributed by atoms with E-state index in [4.69, 9.17) is 15.6 Å². The highest BCUT2D eigenvalue weighted by Gasteiger charge is 2.20. The summed E-state index contributed by atoms with van der Waals surface area (Å²) in [6.07, 6.45) is 0. The fourth-order valence-corrected chi connectivity index (χ4v) is 2.01. The number of nitrogens with one attached hydrogen (secondary N) is 1. The predicted molar refractivity (Wildman–Crippen MR) is 84.7 cm³/mol. The fraction of sp³-hybridized carbons (Fsp3) is 0.176. The van der Waals surface area contributed by atoms with Gasteiger partial charge in [-0.1, -0.05) is 12.1 Å². The molecular formula is C17H16F2N2O4. The number of carbonyl (C=O) groups excluding carboxylic acids is 2. The van der Waals surface area contributed by atoms with Crippen LogP contribution in [0.5, 0.6) is 5.75 Å². The molecule has 8 heteroatoms. The van der Waals surface area contributed by atoms with Gasteiger partial charge in [-0.2, -0.15) is 0 Å². The molecule has 2 aromatic carbocycles. The van der Waals surface area contributed by atoms with Crippen LogP contribution in [0.15, 0.2) is 42.5 Å². The van der Waals surface area contributed by atoms with E-state index in [0.717, 1.165) is 6.07 Å². The van der Waals surface area contributed by atoms with Crippen molar-refractivity contribution in [3.8, 4) is 5.75 Å². The van der Waals surface area contributed by atoms with Crippen molar-refractivity contribution in [1.82, 2.24) is 5.32 Å². The van der Waals surface area contributed by atoms with Gasteiger partial charge in [-0.25, -0.2) is 8.78 Å². The van der Waals surface area contributed by atoms with Crippen molar-refractivity contribution in [3.05, 3.63) is 65.2 Å². The van der Waals surface area contributed by atoms with E-state index < -0.39 is 36.1 Å². The van der Waals surface area contributed by atoms with Crippen LogP contribution in [0.4, 0.5) is 8.78 Å². The summed E-state index contributed by atoms with van der Waals surface area (Å²) in [6, 6.07) is 7.97. The lowest BCUT2D eigenvalue weighted by atomic mass is 10.1. The maximum atomic E-state index is 14.1. The minimum absolute atomic E-state index is 0.0248. The lowest BCUT2D eigenvalue weighted by molar-refractivity contribution is -0.120. The number of ether oxygens (including phenoxy) is 1. The van der Waals surface area contributed by atoms with Gasteiger partial charge in [0.2, 0.25) is 5.91 Å². The summed E-state index contributed by atoms with van der Waals surface area (Å²) < 4.78 is 32.5. The summed E-state index contributed by atoms with van der Waals surface area (Å²) in [7, 11) is 0. The molecule has 0 radical (unpaired) electrons. The topological polar surface area (TPSA) is 102 Å². The Morgan fingerprint density at radius 1 is 1.20 bits per heavy atom. The molecule has 4 N–H and O–H groups in total. The number of aliphatic hydroxyl groups excluding tert-OH is 1. The number of primary amides is 1. The Bertz CT molecular complexity index is 783. The van der Waals surface area contributed by atoms with Crippen LogP contribution < -0.4 is 15.8 Å². The summed E-state index contributed by atoms with van der Waals surface area (Å²) >= 11 is 0. The molecule has 0 aliphatic heterocycles. The Hall–Kier alpha value is -3.00. The normalized spacial score (nSPS) is 11.6. The third-order valence-corrected chi connectivity index (χ3v) is 3.31. The Labute approximate surface area is 142 Å². The molecule has 0 aliphatic carbocycles. The molecular weight excluding hydrogens is 334 g/mol. The lowest BCUT2D eigenvalue weighted by Gasteiger charge is -2.13. The van der Waals surface area contributed by atoms with Crippen molar-refractivity contribution in [2.45, 2.75) is 12.6 Å². The second kappa shape index (κ2) is 8.20. The monoisotopic (exact) mass is 350 g/mol. The maximum Gasteiger partial charge on any atom is 0.254 e. The van der Waals surface area contributed by atoms with E-state index in [2.05, 4.69) is 5.32 Å². The first-order valence-corrected chi connectivity index (χ1v) is 7.28. The van der Waals surface area contributed by atoms with Gasteiger partial charge in [0.15, 0.2) is 0 Å². The lowest BCUT2D eigenvalue weighted by Crippen LogP contribution is -2.46. The predicted octanol–water partition coefficient (Wildman–Crippen LogP) is 1.12. The number of hydrogen-bond acceptors (Lipinski definition) is 4. The van der Waals surface area contributed by atoms with Gasteiger partial charge in [-0.15, -0.1) is 0 Å². The van der Waals surface area contributed by atoms with Crippen LogP contribution in [-0.4, -0.2) is 29.6 Å². The van der Waals surface area contributed by atoms with Crippen molar-refractivity contribution >= 4 is 11.8 Å². The number of rotatable bonds is 7. The number of hydrogen-bond donors (Lipinski definition) is 3. The highest BCUT2D eigenvalue weighted by Crippen LogP contribution is 2.18. The van der Waals surface area contributed by atoms with Crippen LogP contribution in [-0.2, 0) is 11.4 Å². The molecule has 0 bridgehead atoms. The fourth-order valence-electron chi connectivity index (χ4n) is 2.01. The van der Waals surface area contributed by atoms with Crippen LogP contribution in [0.2, 0.25) is 0 Å². The molecule has 0 spiro atoms. The number of amides is 2. The summed E-state index contributed by atoms with van der Waals surface area (Å²) in [5.41, 5.74) is 5.22. The smallest absolute Gasteiger partial charge is 0.254 e. The largest absolute Gasteiger partial charge is 0.489 e. The average Bonchev–Trinajstić information content (AvgIpc) is 2.57. The van der Waals surface area contributed by atoms with E-state index in [1.165, 1.54) is 30.3 Å². The molecule has 0 heterocycles. The summed E-state index contributed by atoms with van der Waals surface area (Å²) in [5.74, 6) is -2.98. The summed E-state index contributed by atoms with van der Waals surface area (Å²) in [5, 5.41) is 11.1. The van der Waals surface area contributed by atoms with Gasteiger partial charge in [0, 0.05) is 6.07 Å². The minimum atomic E-state index is -1.31. The summed E-state index contributed by atoms with van der Waals surface area (Å²) in [6.45, 7) is -0.672. The SMILES string of the molecule is NC(=O)C(CO)NC(=O)c1ccc(OCc2cccc(F)c2)cc1F. The van der Waals surface area contributed by atoms with Gasteiger partial charge >= 0.3 is 0 Å². The molecule has 1 unspecified atom stereocenters. The Balaban J connectivity index is 2.04. The molecule has 0 fully saturated rings. The van der Waals surface area contributed by atoms with Crippen LogP contribution in [0.1, 0.15) is 15.9 Å². The molecule has 1 atom stereocenters. The second-order valence-corrected chi connectivity index (χ2v) is 5.17. The van der Waals surface area contributed by atoms with Gasteiger partial charge in [0.1, 0.15) is 30.0 Å². The van der Waals surface area contributed by atoms with Gasteiger partial charge in [-0.3, -0.25) is 9.59 Å². The minimum Gasteiger partial charge on any atom is -0.489 e. The van der Waals surface area contributed by atoms with Gasteiger partial charge < -0.3 is 20.9 Å². The number of aliphatic hydroxyl groups is 1. The van der Waals surface area contributed by atoms with Crippen molar-refractivity contribution in [3.63, 3.8) is 0 Å². The van der Waals surface area contributed by atoms with Crippen LogP contribution >= 0.6 is 0 Å². The zero-order chi connectivity index (χ0) is 18.4. The molecule has 2 rings (SSSR count). The number of nitrogens with two attached hydrogens (primary N) is 1. The molecule has 0 saturated carbocycles. The number of benzene rings is 2. The van der Waals surface area contributed by atoms with Crippen molar-refractivity contribution in [2.24, 2.45) is 5.73 Å². The number of carbonyl (C=O) groups is 2.